The fraction of sp³-hybridized carbons (Fsp3) is 0.533. The molecular formula is C15H20N2O. The minimum Gasteiger partial charge on any atom is -0.342 e. The summed E-state index contributed by atoms with van der Waals surface area (Å²) in [6.45, 7) is 3.80. The smallest absolute Gasteiger partial charge is 0.222 e. The lowest BCUT2D eigenvalue weighted by Crippen LogP contribution is -2.45. The molecule has 1 aromatic carbocycles. The van der Waals surface area contributed by atoms with E-state index >= 15 is 0 Å². The third kappa shape index (κ3) is 2.41. The molecular weight excluding hydrogens is 224 g/mol. The minimum absolute atomic E-state index is 0.342. The van der Waals surface area contributed by atoms with E-state index in [-0.39, 0.29) is 0 Å². The lowest BCUT2D eigenvalue weighted by molar-refractivity contribution is -0.132. The Morgan fingerprint density at radius 2 is 1.78 bits per heavy atom. The molecule has 1 N–H and O–H groups in total. The molecule has 3 nitrogen and oxygen atoms in total. The van der Waals surface area contributed by atoms with Crippen LogP contribution in [0.4, 0.5) is 0 Å². The highest BCUT2D eigenvalue weighted by molar-refractivity contribution is 5.76. The molecule has 1 amide bonds. The Hall–Kier alpha value is -1.35. The van der Waals surface area contributed by atoms with E-state index < -0.39 is 0 Å². The van der Waals surface area contributed by atoms with E-state index in [1.165, 1.54) is 11.1 Å². The molecule has 0 unspecified atom stereocenters. The van der Waals surface area contributed by atoms with Crippen LogP contribution in [0.5, 0.6) is 0 Å². The Bertz CT molecular complexity index is 413. The third-order valence-electron chi connectivity index (χ3n) is 4.10. The fourth-order valence-corrected chi connectivity index (χ4v) is 2.79. The maximum absolute atomic E-state index is 12.2. The van der Waals surface area contributed by atoms with Crippen molar-refractivity contribution >= 4 is 5.91 Å². The summed E-state index contributed by atoms with van der Waals surface area (Å²) in [5.74, 6) is 0.914. The van der Waals surface area contributed by atoms with Gasteiger partial charge in [-0.25, -0.2) is 0 Å². The van der Waals surface area contributed by atoms with Crippen LogP contribution >= 0.6 is 0 Å². The predicted molar refractivity (Wildman–Crippen MR) is 71.4 cm³/mol. The number of hydrogen-bond acceptors (Lipinski definition) is 2. The standard InChI is InChI=1S/C15H20N2O/c18-15(9-12-10-16-11-12)17-7-5-13-3-1-2-4-14(13)6-8-17/h1-4,12,16H,5-11H2. The van der Waals surface area contributed by atoms with Crippen LogP contribution in [0.3, 0.4) is 0 Å². The molecule has 1 saturated heterocycles. The van der Waals surface area contributed by atoms with Crippen molar-refractivity contribution < 1.29 is 4.79 Å². The maximum Gasteiger partial charge on any atom is 0.222 e. The Morgan fingerprint density at radius 1 is 1.17 bits per heavy atom. The van der Waals surface area contributed by atoms with E-state index in [2.05, 4.69) is 34.5 Å². The molecule has 18 heavy (non-hydrogen) atoms. The van der Waals surface area contributed by atoms with Crippen molar-refractivity contribution in [2.24, 2.45) is 5.92 Å². The van der Waals surface area contributed by atoms with E-state index in [1.807, 2.05) is 0 Å². The van der Waals surface area contributed by atoms with Crippen LogP contribution < -0.4 is 5.32 Å². The molecule has 96 valence electrons. The van der Waals surface area contributed by atoms with Crippen LogP contribution in [0.15, 0.2) is 24.3 Å². The van der Waals surface area contributed by atoms with Crippen molar-refractivity contribution in [2.45, 2.75) is 19.3 Å². The van der Waals surface area contributed by atoms with E-state index in [9.17, 15) is 4.79 Å². The van der Waals surface area contributed by atoms with Crippen molar-refractivity contribution in [3.8, 4) is 0 Å². The Balaban J connectivity index is 1.61. The average Bonchev–Trinajstić information content (AvgIpc) is 2.56. The number of hydrogen-bond donors (Lipinski definition) is 1. The number of benzene rings is 1. The quantitative estimate of drug-likeness (QED) is 0.848. The van der Waals surface area contributed by atoms with Crippen molar-refractivity contribution in [1.29, 1.82) is 0 Å². The number of carbonyl (C=O) groups is 1. The zero-order chi connectivity index (χ0) is 12.4. The fourth-order valence-electron chi connectivity index (χ4n) is 2.79. The number of nitrogens with zero attached hydrogens (tertiary/aromatic N) is 1. The van der Waals surface area contributed by atoms with Crippen molar-refractivity contribution in [3.05, 3.63) is 35.4 Å². The normalized spacial score (nSPS) is 19.9. The largest absolute Gasteiger partial charge is 0.342 e. The topological polar surface area (TPSA) is 32.3 Å². The monoisotopic (exact) mass is 244 g/mol. The van der Waals surface area contributed by atoms with Crippen molar-refractivity contribution in [3.63, 3.8) is 0 Å². The van der Waals surface area contributed by atoms with Gasteiger partial charge < -0.3 is 10.2 Å². The zero-order valence-electron chi connectivity index (χ0n) is 10.7. The van der Waals surface area contributed by atoms with Gasteiger partial charge in [0.2, 0.25) is 5.91 Å². The molecule has 0 atom stereocenters. The van der Waals surface area contributed by atoms with Crippen LogP contribution in [0.1, 0.15) is 17.5 Å². The van der Waals surface area contributed by atoms with E-state index in [1.54, 1.807) is 0 Å². The third-order valence-corrected chi connectivity index (χ3v) is 4.10. The van der Waals surface area contributed by atoms with Gasteiger partial charge in [-0.05, 0) is 43.0 Å². The molecule has 0 aromatic heterocycles. The minimum atomic E-state index is 0.342. The predicted octanol–water partition coefficient (Wildman–Crippen LogP) is 1.22. The second-order valence-electron chi connectivity index (χ2n) is 5.38. The number of fused-ring (bicyclic) bond motifs is 1. The molecule has 1 aromatic rings. The molecule has 0 saturated carbocycles. The van der Waals surface area contributed by atoms with Gasteiger partial charge in [0.25, 0.3) is 0 Å². The molecule has 2 heterocycles. The van der Waals surface area contributed by atoms with Crippen LogP contribution in [-0.2, 0) is 17.6 Å². The van der Waals surface area contributed by atoms with E-state index in [4.69, 9.17) is 0 Å². The number of carbonyl (C=O) groups excluding carboxylic acids is 1. The van der Waals surface area contributed by atoms with Crippen molar-refractivity contribution in [1.82, 2.24) is 10.2 Å². The SMILES string of the molecule is O=C(CC1CNC1)N1CCc2ccccc2CC1. The van der Waals surface area contributed by atoms with Gasteiger partial charge in [0.05, 0.1) is 0 Å². The Labute approximate surface area is 108 Å². The van der Waals surface area contributed by atoms with Crippen molar-refractivity contribution in [2.75, 3.05) is 26.2 Å². The molecule has 0 aliphatic carbocycles. The van der Waals surface area contributed by atoms with Gasteiger partial charge in [-0.1, -0.05) is 24.3 Å². The molecule has 2 aliphatic heterocycles. The molecule has 1 fully saturated rings. The van der Waals surface area contributed by atoms with Gasteiger partial charge >= 0.3 is 0 Å². The number of rotatable bonds is 2. The van der Waals surface area contributed by atoms with Crippen LogP contribution in [-0.4, -0.2) is 37.0 Å². The van der Waals surface area contributed by atoms with Gasteiger partial charge in [-0.2, -0.15) is 0 Å². The maximum atomic E-state index is 12.2. The van der Waals surface area contributed by atoms with Gasteiger partial charge in [0.1, 0.15) is 0 Å². The summed E-state index contributed by atoms with van der Waals surface area (Å²) >= 11 is 0. The summed E-state index contributed by atoms with van der Waals surface area (Å²) in [7, 11) is 0. The van der Waals surface area contributed by atoms with Gasteiger partial charge in [-0.15, -0.1) is 0 Å². The van der Waals surface area contributed by atoms with Crippen LogP contribution in [0.2, 0.25) is 0 Å². The molecule has 3 heteroatoms. The summed E-state index contributed by atoms with van der Waals surface area (Å²) in [5, 5.41) is 3.23. The zero-order valence-corrected chi connectivity index (χ0v) is 10.7. The first kappa shape index (κ1) is 11.7. The highest BCUT2D eigenvalue weighted by Crippen LogP contribution is 2.17. The summed E-state index contributed by atoms with van der Waals surface area (Å²) in [5.41, 5.74) is 2.83. The molecule has 2 aliphatic rings. The van der Waals surface area contributed by atoms with Crippen LogP contribution in [0.25, 0.3) is 0 Å². The second kappa shape index (κ2) is 5.11. The van der Waals surface area contributed by atoms with Crippen LogP contribution in [0, 0.1) is 5.92 Å². The van der Waals surface area contributed by atoms with E-state index in [0.717, 1.165) is 45.4 Å². The Kier molecular flexibility index (Phi) is 3.33. The molecule has 0 spiro atoms. The molecule has 0 radical (unpaired) electrons. The Morgan fingerprint density at radius 3 is 2.28 bits per heavy atom. The molecule has 3 rings (SSSR count). The lowest BCUT2D eigenvalue weighted by Gasteiger charge is -2.29. The average molecular weight is 244 g/mol. The number of amides is 1. The summed E-state index contributed by atoms with van der Waals surface area (Å²) in [4.78, 5) is 14.3. The van der Waals surface area contributed by atoms with Gasteiger partial charge in [-0.3, -0.25) is 4.79 Å². The molecule has 0 bridgehead atoms. The summed E-state index contributed by atoms with van der Waals surface area (Å²) in [6, 6.07) is 8.57. The highest BCUT2D eigenvalue weighted by Gasteiger charge is 2.24. The first-order chi connectivity index (χ1) is 8.83. The first-order valence-electron chi connectivity index (χ1n) is 6.88. The second-order valence-corrected chi connectivity index (χ2v) is 5.38. The first-order valence-corrected chi connectivity index (χ1v) is 6.88. The van der Waals surface area contributed by atoms with Gasteiger partial charge in [0, 0.05) is 19.5 Å². The lowest BCUT2D eigenvalue weighted by atomic mass is 9.98. The summed E-state index contributed by atoms with van der Waals surface area (Å²) < 4.78 is 0. The highest BCUT2D eigenvalue weighted by atomic mass is 16.2. The van der Waals surface area contributed by atoms with Gasteiger partial charge in [0.15, 0.2) is 0 Å². The number of nitrogens with one attached hydrogen (secondary N) is 1. The van der Waals surface area contributed by atoms with E-state index in [0.29, 0.717) is 11.8 Å². The summed E-state index contributed by atoms with van der Waals surface area (Å²) in [6.07, 6.45) is 2.74.